The SMILES string of the molecule is COc1cc(-c2[o+]c3cc(O)cc(O[C@@H]4O[C@H](CO)[C@@H](O)[C@H](O)[C@H]4O)c3cc2O[C@@H]2O[C@H](CO)[C@@H](O)[C@H](O)[C@H]2O)cc(O)c1O. The predicted octanol–water partition coefficient (Wildman–Crippen LogP) is -2.14. The van der Waals surface area contributed by atoms with Gasteiger partial charge in [-0.05, 0) is 0 Å². The fraction of sp³-hybridized carbons (Fsp3) is 0.464. The largest absolute Gasteiger partial charge is 0.507 e. The normalized spacial score (nSPS) is 31.9. The summed E-state index contributed by atoms with van der Waals surface area (Å²) in [6, 6.07) is 5.84. The average Bonchev–Trinajstić information content (AvgIpc) is 3.02. The third-order valence-electron chi connectivity index (χ3n) is 7.52. The molecule has 246 valence electrons. The lowest BCUT2D eigenvalue weighted by Crippen LogP contribution is -2.60. The molecule has 45 heavy (non-hydrogen) atoms. The van der Waals surface area contributed by atoms with Crippen LogP contribution in [0.15, 0.2) is 34.7 Å². The molecule has 2 aliphatic heterocycles. The summed E-state index contributed by atoms with van der Waals surface area (Å²) in [5.41, 5.74) is -0.0688. The maximum atomic E-state index is 10.6. The van der Waals surface area contributed by atoms with Crippen LogP contribution in [-0.4, -0.2) is 138 Å². The Kier molecular flexibility index (Phi) is 9.38. The Morgan fingerprint density at radius 3 is 1.76 bits per heavy atom. The van der Waals surface area contributed by atoms with Crippen molar-refractivity contribution < 1.29 is 84.3 Å². The molecular weight excluding hydrogens is 608 g/mol. The third-order valence-corrected chi connectivity index (χ3v) is 7.52. The third kappa shape index (κ3) is 6.10. The summed E-state index contributed by atoms with van der Waals surface area (Å²) in [6.45, 7) is -1.48. The van der Waals surface area contributed by atoms with E-state index in [1.165, 1.54) is 19.2 Å². The van der Waals surface area contributed by atoms with Crippen LogP contribution in [-0.2, 0) is 9.47 Å². The van der Waals surface area contributed by atoms with E-state index in [4.69, 9.17) is 28.1 Å². The number of ether oxygens (including phenoxy) is 5. The van der Waals surface area contributed by atoms with Crippen molar-refractivity contribution in [1.82, 2.24) is 0 Å². The molecule has 0 spiro atoms. The molecule has 0 amide bonds. The topological polar surface area (TPSA) is 280 Å². The molecule has 5 rings (SSSR count). The minimum Gasteiger partial charge on any atom is -0.507 e. The molecule has 11 N–H and O–H groups in total. The van der Waals surface area contributed by atoms with Crippen LogP contribution in [0.3, 0.4) is 0 Å². The summed E-state index contributed by atoms with van der Waals surface area (Å²) < 4.78 is 33.6. The Morgan fingerprint density at radius 2 is 1.22 bits per heavy atom. The van der Waals surface area contributed by atoms with Gasteiger partial charge >= 0.3 is 11.3 Å². The Labute approximate surface area is 253 Å². The second-order valence-corrected chi connectivity index (χ2v) is 10.5. The van der Waals surface area contributed by atoms with Gasteiger partial charge in [0, 0.05) is 24.3 Å². The quantitative estimate of drug-likeness (QED) is 0.0925. The summed E-state index contributed by atoms with van der Waals surface area (Å²) in [6.07, 6.45) is -16.6. The van der Waals surface area contributed by atoms with Gasteiger partial charge in [0.05, 0.1) is 32.0 Å². The first kappa shape index (κ1) is 32.6. The van der Waals surface area contributed by atoms with Crippen molar-refractivity contribution in [2.75, 3.05) is 20.3 Å². The van der Waals surface area contributed by atoms with E-state index in [1.807, 2.05) is 0 Å². The Bertz CT molecular complexity index is 1510. The van der Waals surface area contributed by atoms with E-state index in [2.05, 4.69) is 0 Å². The number of benzene rings is 2. The van der Waals surface area contributed by atoms with Crippen LogP contribution in [0, 0.1) is 0 Å². The van der Waals surface area contributed by atoms with Crippen molar-refractivity contribution in [3.63, 3.8) is 0 Å². The molecule has 0 radical (unpaired) electrons. The van der Waals surface area contributed by atoms with E-state index < -0.39 is 91.9 Å². The number of fused-ring (bicyclic) bond motifs is 1. The average molecular weight is 642 g/mol. The van der Waals surface area contributed by atoms with Crippen LogP contribution >= 0.6 is 0 Å². The van der Waals surface area contributed by atoms with Gasteiger partial charge in [-0.2, -0.15) is 0 Å². The van der Waals surface area contributed by atoms with Crippen molar-refractivity contribution in [2.24, 2.45) is 0 Å². The first-order valence-electron chi connectivity index (χ1n) is 13.6. The standard InChI is InChI=1S/C28H32O17/c1-40-15-3-9(2-12(32)19(15)33)26-16(43-28-25(39)23(37)21(35)18(8-30)45-28)6-11-13(41-26)4-10(31)5-14(11)42-27-24(38)22(36)20(34)17(7-29)44-27/h2-6,17-18,20-25,27-30,34-39H,7-8H2,1H3,(H2-,31,32,33)/p+1/t17-,18-,20-,21-,22+,23+,24-,25-,27-,28-/m1/s1. The van der Waals surface area contributed by atoms with E-state index in [1.54, 1.807) is 0 Å². The number of methoxy groups -OCH3 is 1. The van der Waals surface area contributed by atoms with Crippen molar-refractivity contribution in [3.8, 4) is 45.8 Å². The van der Waals surface area contributed by atoms with Crippen LogP contribution in [0.2, 0.25) is 0 Å². The summed E-state index contributed by atoms with van der Waals surface area (Å²) in [4.78, 5) is 0. The minimum atomic E-state index is -1.85. The number of aliphatic hydroxyl groups is 8. The minimum absolute atomic E-state index is 0.0167. The first-order valence-corrected chi connectivity index (χ1v) is 13.6. The summed E-state index contributed by atoms with van der Waals surface area (Å²) in [7, 11) is 1.22. The van der Waals surface area contributed by atoms with Gasteiger partial charge in [-0.3, -0.25) is 0 Å². The second kappa shape index (κ2) is 12.9. The van der Waals surface area contributed by atoms with Gasteiger partial charge in [0.2, 0.25) is 24.1 Å². The van der Waals surface area contributed by atoms with E-state index in [9.17, 15) is 56.2 Å². The molecule has 3 heterocycles. The van der Waals surface area contributed by atoms with E-state index >= 15 is 0 Å². The molecule has 2 aromatic carbocycles. The Morgan fingerprint density at radius 1 is 0.667 bits per heavy atom. The number of hydrogen-bond donors (Lipinski definition) is 11. The molecule has 17 nitrogen and oxygen atoms in total. The lowest BCUT2D eigenvalue weighted by atomic mass is 9.99. The first-order chi connectivity index (χ1) is 21.4. The molecule has 0 bridgehead atoms. The summed E-state index contributed by atoms with van der Waals surface area (Å²) in [5, 5.41) is 112. The lowest BCUT2D eigenvalue weighted by molar-refractivity contribution is -0.277. The zero-order valence-corrected chi connectivity index (χ0v) is 23.4. The van der Waals surface area contributed by atoms with Crippen LogP contribution in [0.25, 0.3) is 22.3 Å². The van der Waals surface area contributed by atoms with Crippen molar-refractivity contribution in [1.29, 1.82) is 0 Å². The molecule has 2 aliphatic rings. The predicted molar refractivity (Wildman–Crippen MR) is 146 cm³/mol. The fourth-order valence-electron chi connectivity index (χ4n) is 5.02. The van der Waals surface area contributed by atoms with E-state index in [0.29, 0.717) is 0 Å². The summed E-state index contributed by atoms with van der Waals surface area (Å²) in [5.74, 6) is -2.52. The zero-order chi connectivity index (χ0) is 32.7. The van der Waals surface area contributed by atoms with Gasteiger partial charge < -0.3 is 79.9 Å². The highest BCUT2D eigenvalue weighted by atomic mass is 16.7. The van der Waals surface area contributed by atoms with Gasteiger partial charge in [-0.1, -0.05) is 0 Å². The number of hydrogen-bond acceptors (Lipinski definition) is 16. The van der Waals surface area contributed by atoms with Crippen LogP contribution < -0.4 is 14.2 Å². The zero-order valence-electron chi connectivity index (χ0n) is 23.4. The van der Waals surface area contributed by atoms with Crippen LogP contribution in [0.1, 0.15) is 0 Å². The van der Waals surface area contributed by atoms with Crippen LogP contribution in [0.4, 0.5) is 0 Å². The monoisotopic (exact) mass is 641 g/mol. The Balaban J connectivity index is 1.64. The molecule has 10 atom stereocenters. The van der Waals surface area contributed by atoms with Crippen LogP contribution in [0.5, 0.6) is 34.5 Å². The highest BCUT2D eigenvalue weighted by Crippen LogP contribution is 2.45. The number of aromatic hydroxyl groups is 3. The molecule has 0 saturated carbocycles. The van der Waals surface area contributed by atoms with Crippen molar-refractivity contribution >= 4 is 11.0 Å². The van der Waals surface area contributed by atoms with Crippen molar-refractivity contribution in [2.45, 2.75) is 61.4 Å². The molecule has 1 aromatic heterocycles. The molecule has 0 aliphatic carbocycles. The number of aliphatic hydroxyl groups excluding tert-OH is 8. The van der Waals surface area contributed by atoms with Gasteiger partial charge in [0.15, 0.2) is 11.5 Å². The second-order valence-electron chi connectivity index (χ2n) is 10.5. The highest BCUT2D eigenvalue weighted by molar-refractivity contribution is 5.89. The number of phenolic OH excluding ortho intramolecular Hbond substituents is 3. The van der Waals surface area contributed by atoms with Gasteiger partial charge in [0.1, 0.15) is 65.7 Å². The molecular formula is C28H33O17+. The van der Waals surface area contributed by atoms with E-state index in [-0.39, 0.29) is 39.5 Å². The van der Waals surface area contributed by atoms with Crippen molar-refractivity contribution in [3.05, 3.63) is 30.3 Å². The van der Waals surface area contributed by atoms with Gasteiger partial charge in [0.25, 0.3) is 0 Å². The Hall–Kier alpha value is -3.75. The van der Waals surface area contributed by atoms with Gasteiger partial charge in [-0.25, -0.2) is 4.42 Å². The summed E-state index contributed by atoms with van der Waals surface area (Å²) >= 11 is 0. The molecule has 2 saturated heterocycles. The van der Waals surface area contributed by atoms with E-state index in [0.717, 1.165) is 18.2 Å². The molecule has 2 fully saturated rings. The lowest BCUT2D eigenvalue weighted by Gasteiger charge is -2.39. The van der Waals surface area contributed by atoms with Gasteiger partial charge in [-0.15, -0.1) is 0 Å². The molecule has 0 unspecified atom stereocenters. The molecule has 3 aromatic rings. The fourth-order valence-corrected chi connectivity index (χ4v) is 5.02. The maximum Gasteiger partial charge on any atom is 0.402 e. The highest BCUT2D eigenvalue weighted by Gasteiger charge is 2.47. The maximum absolute atomic E-state index is 10.6. The smallest absolute Gasteiger partial charge is 0.402 e. The molecule has 17 heteroatoms. The number of rotatable bonds is 8. The number of phenols is 3.